The van der Waals surface area contributed by atoms with E-state index in [4.69, 9.17) is 4.74 Å². The van der Waals surface area contributed by atoms with Gasteiger partial charge in [0.2, 0.25) is 0 Å². The van der Waals surface area contributed by atoms with Crippen LogP contribution in [0, 0.1) is 6.92 Å². The first-order valence-electron chi connectivity index (χ1n) is 7.05. The molecule has 1 fully saturated rings. The van der Waals surface area contributed by atoms with Crippen LogP contribution in [0.1, 0.15) is 43.0 Å². The minimum Gasteiger partial charge on any atom is -0.487 e. The number of nitrogens with zero attached hydrogens (tertiary/aromatic N) is 2. The van der Waals surface area contributed by atoms with E-state index in [-0.39, 0.29) is 0 Å². The van der Waals surface area contributed by atoms with Crippen LogP contribution in [0.15, 0.2) is 36.5 Å². The van der Waals surface area contributed by atoms with Gasteiger partial charge in [0.15, 0.2) is 0 Å². The van der Waals surface area contributed by atoms with Crippen LogP contribution >= 0.6 is 0 Å². The maximum atomic E-state index is 5.75. The number of ether oxygens (including phenoxy) is 1. The molecule has 3 nitrogen and oxygen atoms in total. The lowest BCUT2D eigenvalue weighted by atomic mass is 10.2. The second-order valence-corrected chi connectivity index (χ2v) is 5.33. The van der Waals surface area contributed by atoms with E-state index in [0.717, 1.165) is 11.4 Å². The average molecular weight is 256 g/mol. The summed E-state index contributed by atoms with van der Waals surface area (Å²) in [5.41, 5.74) is 2.25. The van der Waals surface area contributed by atoms with Gasteiger partial charge in [0, 0.05) is 6.20 Å². The third-order valence-corrected chi connectivity index (χ3v) is 3.77. The Morgan fingerprint density at radius 1 is 1.16 bits per heavy atom. The van der Waals surface area contributed by atoms with E-state index in [1.54, 1.807) is 0 Å². The normalized spacial score (nSPS) is 15.8. The lowest BCUT2D eigenvalue weighted by Crippen LogP contribution is -2.06. The van der Waals surface area contributed by atoms with Crippen LogP contribution in [0.3, 0.4) is 0 Å². The van der Waals surface area contributed by atoms with Crippen molar-refractivity contribution in [3.63, 3.8) is 0 Å². The van der Waals surface area contributed by atoms with Gasteiger partial charge in [-0.15, -0.1) is 0 Å². The molecule has 0 spiro atoms. The van der Waals surface area contributed by atoms with E-state index in [9.17, 15) is 0 Å². The molecule has 3 heteroatoms. The van der Waals surface area contributed by atoms with Crippen LogP contribution in [0.5, 0.6) is 5.75 Å². The molecule has 0 amide bonds. The van der Waals surface area contributed by atoms with Gasteiger partial charge in [-0.05, 0) is 38.0 Å². The standard InChI is InChI=1S/C16H20N2O/c1-13-6-8-16(9-7-13)19-12-14-10-11-18(17-14)15-4-2-3-5-15/h6-11,15H,2-5,12H2,1H3. The molecule has 0 atom stereocenters. The molecule has 1 aliphatic rings. The quantitative estimate of drug-likeness (QED) is 0.830. The zero-order valence-electron chi connectivity index (χ0n) is 11.4. The lowest BCUT2D eigenvalue weighted by Gasteiger charge is -2.09. The Morgan fingerprint density at radius 3 is 2.63 bits per heavy atom. The summed E-state index contributed by atoms with van der Waals surface area (Å²) in [6, 6.07) is 10.8. The van der Waals surface area contributed by atoms with Gasteiger partial charge in [0.05, 0.1) is 11.7 Å². The molecule has 1 aliphatic carbocycles. The molecule has 0 saturated heterocycles. The first kappa shape index (κ1) is 12.3. The Hall–Kier alpha value is -1.77. The van der Waals surface area contributed by atoms with Crippen molar-refractivity contribution in [2.75, 3.05) is 0 Å². The van der Waals surface area contributed by atoms with E-state index in [0.29, 0.717) is 12.6 Å². The molecule has 0 bridgehead atoms. The molecule has 1 heterocycles. The molecule has 1 saturated carbocycles. The van der Waals surface area contributed by atoms with Crippen LogP contribution in [0.2, 0.25) is 0 Å². The fourth-order valence-corrected chi connectivity index (χ4v) is 2.62. The topological polar surface area (TPSA) is 27.1 Å². The summed E-state index contributed by atoms with van der Waals surface area (Å²) in [5, 5.41) is 4.62. The summed E-state index contributed by atoms with van der Waals surface area (Å²) < 4.78 is 7.86. The van der Waals surface area contributed by atoms with Crippen molar-refractivity contribution in [2.45, 2.75) is 45.3 Å². The molecule has 2 aromatic rings. The van der Waals surface area contributed by atoms with Gasteiger partial charge in [-0.1, -0.05) is 30.5 Å². The number of hydrogen-bond donors (Lipinski definition) is 0. The second kappa shape index (κ2) is 5.47. The van der Waals surface area contributed by atoms with Crippen molar-refractivity contribution in [1.82, 2.24) is 9.78 Å². The fourth-order valence-electron chi connectivity index (χ4n) is 2.62. The Labute approximate surface area is 114 Å². The monoisotopic (exact) mass is 256 g/mol. The van der Waals surface area contributed by atoms with Crippen molar-refractivity contribution < 1.29 is 4.74 Å². The van der Waals surface area contributed by atoms with E-state index >= 15 is 0 Å². The maximum absolute atomic E-state index is 5.75. The summed E-state index contributed by atoms with van der Waals surface area (Å²) in [7, 11) is 0. The predicted molar refractivity (Wildman–Crippen MR) is 75.2 cm³/mol. The molecule has 100 valence electrons. The second-order valence-electron chi connectivity index (χ2n) is 5.33. The zero-order chi connectivity index (χ0) is 13.1. The van der Waals surface area contributed by atoms with Crippen molar-refractivity contribution in [3.05, 3.63) is 47.8 Å². The molecule has 0 N–H and O–H groups in total. The van der Waals surface area contributed by atoms with E-state index in [1.165, 1.54) is 31.2 Å². The van der Waals surface area contributed by atoms with Gasteiger partial charge in [-0.3, -0.25) is 4.68 Å². The third-order valence-electron chi connectivity index (χ3n) is 3.77. The average Bonchev–Trinajstić information content (AvgIpc) is 3.09. The molecule has 1 aromatic heterocycles. The van der Waals surface area contributed by atoms with Crippen LogP contribution in [-0.4, -0.2) is 9.78 Å². The summed E-state index contributed by atoms with van der Waals surface area (Å²) in [5.74, 6) is 0.904. The van der Waals surface area contributed by atoms with Crippen molar-refractivity contribution in [3.8, 4) is 5.75 Å². The highest BCUT2D eigenvalue weighted by atomic mass is 16.5. The van der Waals surface area contributed by atoms with Gasteiger partial charge in [0.1, 0.15) is 12.4 Å². The maximum Gasteiger partial charge on any atom is 0.132 e. The zero-order valence-corrected chi connectivity index (χ0v) is 11.4. The molecular formula is C16H20N2O. The SMILES string of the molecule is Cc1ccc(OCc2ccn(C3CCCC3)n2)cc1. The van der Waals surface area contributed by atoms with Gasteiger partial charge in [0.25, 0.3) is 0 Å². The predicted octanol–water partition coefficient (Wildman–Crippen LogP) is 3.89. The van der Waals surface area contributed by atoms with Gasteiger partial charge in [-0.25, -0.2) is 0 Å². The molecule has 1 aromatic carbocycles. The first-order valence-corrected chi connectivity index (χ1v) is 7.05. The Kier molecular flexibility index (Phi) is 3.53. The third kappa shape index (κ3) is 2.98. The first-order chi connectivity index (χ1) is 9.31. The van der Waals surface area contributed by atoms with Crippen molar-refractivity contribution in [2.24, 2.45) is 0 Å². The van der Waals surface area contributed by atoms with Gasteiger partial charge >= 0.3 is 0 Å². The number of hydrogen-bond acceptors (Lipinski definition) is 2. The van der Waals surface area contributed by atoms with Gasteiger partial charge in [-0.2, -0.15) is 5.10 Å². The Bertz CT molecular complexity index is 524. The number of aryl methyl sites for hydroxylation is 1. The highest BCUT2D eigenvalue weighted by Crippen LogP contribution is 2.28. The van der Waals surface area contributed by atoms with Crippen molar-refractivity contribution in [1.29, 1.82) is 0 Å². The largest absolute Gasteiger partial charge is 0.487 e. The number of aromatic nitrogens is 2. The van der Waals surface area contributed by atoms with Gasteiger partial charge < -0.3 is 4.74 Å². The highest BCUT2D eigenvalue weighted by molar-refractivity contribution is 5.26. The molecule has 19 heavy (non-hydrogen) atoms. The van der Waals surface area contributed by atoms with E-state index < -0.39 is 0 Å². The van der Waals surface area contributed by atoms with E-state index in [1.807, 2.05) is 12.1 Å². The fraction of sp³-hybridized carbons (Fsp3) is 0.438. The highest BCUT2D eigenvalue weighted by Gasteiger charge is 2.17. The smallest absolute Gasteiger partial charge is 0.132 e. The minimum atomic E-state index is 0.544. The van der Waals surface area contributed by atoms with Crippen molar-refractivity contribution >= 4 is 0 Å². The Morgan fingerprint density at radius 2 is 1.89 bits per heavy atom. The summed E-state index contributed by atoms with van der Waals surface area (Å²) in [4.78, 5) is 0. The van der Waals surface area contributed by atoms with Crippen LogP contribution < -0.4 is 4.74 Å². The molecular weight excluding hydrogens is 236 g/mol. The van der Waals surface area contributed by atoms with Crippen LogP contribution in [0.25, 0.3) is 0 Å². The molecule has 0 radical (unpaired) electrons. The summed E-state index contributed by atoms with van der Waals surface area (Å²) >= 11 is 0. The number of rotatable bonds is 4. The lowest BCUT2D eigenvalue weighted by molar-refractivity contribution is 0.298. The summed E-state index contributed by atoms with van der Waals surface area (Å²) in [6.07, 6.45) is 7.28. The molecule has 3 rings (SSSR count). The Balaban J connectivity index is 1.59. The summed E-state index contributed by atoms with van der Waals surface area (Å²) in [6.45, 7) is 2.62. The van der Waals surface area contributed by atoms with Crippen LogP contribution in [-0.2, 0) is 6.61 Å². The number of benzene rings is 1. The molecule has 0 unspecified atom stereocenters. The molecule has 0 aliphatic heterocycles. The minimum absolute atomic E-state index is 0.544. The van der Waals surface area contributed by atoms with Crippen LogP contribution in [0.4, 0.5) is 0 Å². The van der Waals surface area contributed by atoms with E-state index in [2.05, 4.69) is 41.1 Å².